The number of aromatic amines is 1. The molecule has 1 amide bonds. The second-order valence-corrected chi connectivity index (χ2v) is 6.51. The lowest BCUT2D eigenvalue weighted by molar-refractivity contribution is -0.122. The number of carbonyl (C=O) groups excluding carboxylic acids is 1. The molecule has 1 aliphatic heterocycles. The van der Waals surface area contributed by atoms with Crippen molar-refractivity contribution in [1.29, 1.82) is 0 Å². The van der Waals surface area contributed by atoms with Gasteiger partial charge in [-0.25, -0.2) is 0 Å². The van der Waals surface area contributed by atoms with Crippen molar-refractivity contribution < 1.29 is 9.53 Å². The molecule has 4 rings (SSSR count). The molecular weight excluding hydrogens is 312 g/mol. The number of benzene rings is 2. The van der Waals surface area contributed by atoms with E-state index in [1.54, 1.807) is 0 Å². The van der Waals surface area contributed by atoms with E-state index >= 15 is 0 Å². The largest absolute Gasteiger partial charge is 0.493 e. The molecular formula is C21H22N2O2. The van der Waals surface area contributed by atoms with Crippen LogP contribution < -0.4 is 10.1 Å². The predicted molar refractivity (Wildman–Crippen MR) is 98.7 cm³/mol. The van der Waals surface area contributed by atoms with E-state index < -0.39 is 0 Å². The first kappa shape index (κ1) is 15.8. The maximum absolute atomic E-state index is 12.4. The highest BCUT2D eigenvalue weighted by molar-refractivity contribution is 5.83. The number of H-pyrrole nitrogens is 1. The summed E-state index contributed by atoms with van der Waals surface area (Å²) in [6, 6.07) is 16.3. The Kier molecular flexibility index (Phi) is 4.42. The highest BCUT2D eigenvalue weighted by Gasteiger charge is 2.22. The summed E-state index contributed by atoms with van der Waals surface area (Å²) in [6.07, 6.45) is 5.17. The Balaban J connectivity index is 1.33. The number of amides is 1. The van der Waals surface area contributed by atoms with Crippen LogP contribution in [-0.4, -0.2) is 17.5 Å². The van der Waals surface area contributed by atoms with Gasteiger partial charge in [0.15, 0.2) is 0 Å². The van der Waals surface area contributed by atoms with Gasteiger partial charge in [0.25, 0.3) is 0 Å². The van der Waals surface area contributed by atoms with Gasteiger partial charge in [-0.3, -0.25) is 4.79 Å². The number of rotatable bonds is 5. The van der Waals surface area contributed by atoms with Gasteiger partial charge in [-0.2, -0.15) is 0 Å². The molecule has 2 N–H and O–H groups in total. The number of hydrogen-bond donors (Lipinski definition) is 2. The third-order valence-corrected chi connectivity index (χ3v) is 4.82. The standard InChI is InChI=1S/C21H22N2O2/c24-21(23-19-12-13-25-20-10-4-2-8-17(19)20)11-5-6-15-14-22-18-9-3-1-7-16(15)18/h1-4,7-10,14,19,22H,5-6,11-13H2,(H,23,24)/t19-/m0/s1. The highest BCUT2D eigenvalue weighted by atomic mass is 16.5. The summed E-state index contributed by atoms with van der Waals surface area (Å²) in [6.45, 7) is 0.650. The first-order valence-electron chi connectivity index (χ1n) is 8.87. The molecule has 0 saturated heterocycles. The molecule has 0 fully saturated rings. The van der Waals surface area contributed by atoms with Crippen molar-refractivity contribution in [3.05, 3.63) is 65.9 Å². The number of nitrogens with one attached hydrogen (secondary N) is 2. The Bertz CT molecular complexity index is 884. The lowest BCUT2D eigenvalue weighted by Crippen LogP contribution is -2.32. The number of para-hydroxylation sites is 2. The molecule has 1 atom stereocenters. The van der Waals surface area contributed by atoms with Crippen molar-refractivity contribution in [2.75, 3.05) is 6.61 Å². The van der Waals surface area contributed by atoms with Crippen LogP contribution in [0.25, 0.3) is 10.9 Å². The zero-order valence-electron chi connectivity index (χ0n) is 14.1. The van der Waals surface area contributed by atoms with E-state index in [0.717, 1.165) is 36.1 Å². The second kappa shape index (κ2) is 7.01. The Labute approximate surface area is 147 Å². The van der Waals surface area contributed by atoms with Gasteiger partial charge in [0.05, 0.1) is 12.6 Å². The minimum absolute atomic E-state index is 0.0607. The highest BCUT2D eigenvalue weighted by Crippen LogP contribution is 2.31. The van der Waals surface area contributed by atoms with Gasteiger partial charge in [0.2, 0.25) is 5.91 Å². The van der Waals surface area contributed by atoms with Crippen LogP contribution in [0.15, 0.2) is 54.7 Å². The first-order valence-corrected chi connectivity index (χ1v) is 8.87. The van der Waals surface area contributed by atoms with Crippen LogP contribution in [0.5, 0.6) is 5.75 Å². The van der Waals surface area contributed by atoms with Crippen LogP contribution in [0.3, 0.4) is 0 Å². The molecule has 1 aliphatic rings. The minimum atomic E-state index is 0.0607. The quantitative estimate of drug-likeness (QED) is 0.737. The number of aryl methyl sites for hydroxylation is 1. The first-order chi connectivity index (χ1) is 12.3. The molecule has 25 heavy (non-hydrogen) atoms. The molecule has 0 aliphatic carbocycles. The number of aromatic nitrogens is 1. The van der Waals surface area contributed by atoms with Gasteiger partial charge in [0, 0.05) is 35.5 Å². The van der Waals surface area contributed by atoms with Crippen LogP contribution in [0.2, 0.25) is 0 Å². The van der Waals surface area contributed by atoms with Crippen molar-refractivity contribution in [3.8, 4) is 5.75 Å². The lowest BCUT2D eigenvalue weighted by Gasteiger charge is -2.26. The van der Waals surface area contributed by atoms with Crippen LogP contribution in [-0.2, 0) is 11.2 Å². The predicted octanol–water partition coefficient (Wildman–Crippen LogP) is 4.13. The Morgan fingerprint density at radius 2 is 2.00 bits per heavy atom. The summed E-state index contributed by atoms with van der Waals surface area (Å²) >= 11 is 0. The molecule has 3 aromatic rings. The number of ether oxygens (including phenoxy) is 1. The molecule has 0 spiro atoms. The summed E-state index contributed by atoms with van der Waals surface area (Å²) in [5.74, 6) is 0.999. The molecule has 4 nitrogen and oxygen atoms in total. The fourth-order valence-corrected chi connectivity index (χ4v) is 3.54. The molecule has 2 heterocycles. The van der Waals surface area contributed by atoms with Crippen molar-refractivity contribution in [3.63, 3.8) is 0 Å². The summed E-state index contributed by atoms with van der Waals surface area (Å²) in [7, 11) is 0. The van der Waals surface area contributed by atoms with Gasteiger partial charge in [-0.15, -0.1) is 0 Å². The van der Waals surface area contributed by atoms with Crippen molar-refractivity contribution >= 4 is 16.8 Å². The molecule has 0 saturated carbocycles. The number of fused-ring (bicyclic) bond motifs is 2. The van der Waals surface area contributed by atoms with E-state index in [-0.39, 0.29) is 11.9 Å². The monoisotopic (exact) mass is 334 g/mol. The van der Waals surface area contributed by atoms with Crippen LogP contribution in [0.1, 0.15) is 36.4 Å². The maximum Gasteiger partial charge on any atom is 0.220 e. The van der Waals surface area contributed by atoms with Gasteiger partial charge >= 0.3 is 0 Å². The third kappa shape index (κ3) is 3.38. The second-order valence-electron chi connectivity index (χ2n) is 6.51. The number of carbonyl (C=O) groups is 1. The number of hydrogen-bond acceptors (Lipinski definition) is 2. The van der Waals surface area contributed by atoms with E-state index in [4.69, 9.17) is 4.74 Å². The van der Waals surface area contributed by atoms with Gasteiger partial charge < -0.3 is 15.0 Å². The van der Waals surface area contributed by atoms with Gasteiger partial charge in [-0.05, 0) is 30.5 Å². The molecule has 1 aromatic heterocycles. The fraction of sp³-hybridized carbons (Fsp3) is 0.286. The van der Waals surface area contributed by atoms with E-state index in [2.05, 4.69) is 34.7 Å². The SMILES string of the molecule is O=C(CCCc1c[nH]c2ccccc12)N[C@H]1CCOc2ccccc21. The lowest BCUT2D eigenvalue weighted by atomic mass is 10.00. The summed E-state index contributed by atoms with van der Waals surface area (Å²) < 4.78 is 5.65. The Morgan fingerprint density at radius 3 is 2.96 bits per heavy atom. The molecule has 4 heteroatoms. The Morgan fingerprint density at radius 1 is 1.16 bits per heavy atom. The van der Waals surface area contributed by atoms with Gasteiger partial charge in [0.1, 0.15) is 5.75 Å². The average molecular weight is 334 g/mol. The zero-order chi connectivity index (χ0) is 17.1. The van der Waals surface area contributed by atoms with Crippen LogP contribution >= 0.6 is 0 Å². The molecule has 0 bridgehead atoms. The zero-order valence-corrected chi connectivity index (χ0v) is 14.1. The van der Waals surface area contributed by atoms with E-state index in [1.807, 2.05) is 30.3 Å². The third-order valence-electron chi connectivity index (χ3n) is 4.82. The average Bonchev–Trinajstić information content (AvgIpc) is 3.05. The van der Waals surface area contributed by atoms with E-state index in [9.17, 15) is 4.79 Å². The molecule has 0 unspecified atom stereocenters. The van der Waals surface area contributed by atoms with Crippen molar-refractivity contribution in [1.82, 2.24) is 10.3 Å². The smallest absolute Gasteiger partial charge is 0.220 e. The Hall–Kier alpha value is -2.75. The van der Waals surface area contributed by atoms with Gasteiger partial charge in [-0.1, -0.05) is 36.4 Å². The van der Waals surface area contributed by atoms with E-state index in [1.165, 1.54) is 10.9 Å². The summed E-state index contributed by atoms with van der Waals surface area (Å²) in [5.41, 5.74) is 3.51. The van der Waals surface area contributed by atoms with E-state index in [0.29, 0.717) is 13.0 Å². The molecule has 2 aromatic carbocycles. The van der Waals surface area contributed by atoms with Crippen LogP contribution in [0, 0.1) is 0 Å². The molecule has 0 radical (unpaired) electrons. The van der Waals surface area contributed by atoms with Crippen molar-refractivity contribution in [2.45, 2.75) is 31.7 Å². The summed E-state index contributed by atoms with van der Waals surface area (Å²) in [4.78, 5) is 15.6. The topological polar surface area (TPSA) is 54.1 Å². The van der Waals surface area contributed by atoms with Crippen LogP contribution in [0.4, 0.5) is 0 Å². The normalized spacial score (nSPS) is 16.2. The molecule has 128 valence electrons. The fourth-order valence-electron chi connectivity index (χ4n) is 3.54. The minimum Gasteiger partial charge on any atom is -0.493 e. The summed E-state index contributed by atoms with van der Waals surface area (Å²) in [5, 5.41) is 4.42. The maximum atomic E-state index is 12.4. The van der Waals surface area contributed by atoms with Crippen molar-refractivity contribution in [2.24, 2.45) is 0 Å².